The lowest BCUT2D eigenvalue weighted by atomic mass is 10.0. The van der Waals surface area contributed by atoms with E-state index in [0.29, 0.717) is 25.7 Å². The molecule has 0 radical (unpaired) electrons. The number of hydrogen-bond acceptors (Lipinski definition) is 15. The van der Waals surface area contributed by atoms with Crippen molar-refractivity contribution in [3.05, 3.63) is 0 Å². The molecule has 3 N–H and O–H groups in total. The number of phosphoric ester groups is 2. The van der Waals surface area contributed by atoms with Crippen LogP contribution in [0.25, 0.3) is 0 Å². The Morgan fingerprint density at radius 3 is 0.687 bits per heavy atom. The minimum Gasteiger partial charge on any atom is -0.462 e. The van der Waals surface area contributed by atoms with Crippen molar-refractivity contribution in [3.8, 4) is 0 Å². The van der Waals surface area contributed by atoms with Crippen LogP contribution in [0, 0.1) is 17.8 Å². The molecule has 2 unspecified atom stereocenters. The van der Waals surface area contributed by atoms with Gasteiger partial charge in [-0.05, 0) is 43.4 Å². The standard InChI is InChI=1S/C80H156O17P2/c1-8-9-10-11-12-30-40-47-54-61-77(82)90-67-75(97-80(85)64-57-50-43-36-29-28-33-39-46-53-60-73(6)7)69-94-98(86,87)92-65-74(81)66-93-99(88,89)95-70-76(68-91-78(83)62-55-48-41-34-26-23-19-21-25-32-38-45-52-59-72(4)5)96-79(84)63-56-49-42-35-27-22-18-16-14-13-15-17-20-24-31-37-44-51-58-71(2)3/h71-76,81H,8-70H2,1-7H3,(H,86,87)(H,88,89)/t74-,75+,76+/m0/s1. The number of ether oxygens (including phenoxy) is 4. The normalized spacial score (nSPS) is 14.0. The van der Waals surface area contributed by atoms with E-state index in [9.17, 15) is 43.2 Å². The fourth-order valence-electron chi connectivity index (χ4n) is 12.3. The summed E-state index contributed by atoms with van der Waals surface area (Å²) in [4.78, 5) is 72.9. The van der Waals surface area contributed by atoms with Gasteiger partial charge in [-0.3, -0.25) is 37.3 Å². The molecule has 17 nitrogen and oxygen atoms in total. The third kappa shape index (κ3) is 74.1. The van der Waals surface area contributed by atoms with Crippen LogP contribution in [0.2, 0.25) is 0 Å². The fraction of sp³-hybridized carbons (Fsp3) is 0.950. The highest BCUT2D eigenvalue weighted by Gasteiger charge is 2.30. The van der Waals surface area contributed by atoms with Gasteiger partial charge in [-0.2, -0.15) is 0 Å². The van der Waals surface area contributed by atoms with Crippen LogP contribution in [0.5, 0.6) is 0 Å². The Hall–Kier alpha value is -1.94. The molecule has 5 atom stereocenters. The molecule has 588 valence electrons. The number of phosphoric acid groups is 2. The lowest BCUT2D eigenvalue weighted by molar-refractivity contribution is -0.161. The number of aliphatic hydroxyl groups excluding tert-OH is 1. The summed E-state index contributed by atoms with van der Waals surface area (Å²) in [6, 6.07) is 0. The summed E-state index contributed by atoms with van der Waals surface area (Å²) in [6.45, 7) is 12.0. The van der Waals surface area contributed by atoms with Crippen molar-refractivity contribution in [1.29, 1.82) is 0 Å². The molecular weight excluding hydrogens is 1290 g/mol. The molecule has 0 bridgehead atoms. The van der Waals surface area contributed by atoms with Crippen molar-refractivity contribution in [2.45, 2.75) is 433 Å². The van der Waals surface area contributed by atoms with Crippen molar-refractivity contribution < 1.29 is 80.2 Å². The lowest BCUT2D eigenvalue weighted by Gasteiger charge is -2.21. The topological polar surface area (TPSA) is 237 Å². The Balaban J connectivity index is 5.21. The van der Waals surface area contributed by atoms with Gasteiger partial charge in [0, 0.05) is 25.7 Å². The average molecular weight is 1450 g/mol. The predicted octanol–water partition coefficient (Wildman–Crippen LogP) is 23.7. The third-order valence-corrected chi connectivity index (χ3v) is 20.5. The van der Waals surface area contributed by atoms with Crippen molar-refractivity contribution in [3.63, 3.8) is 0 Å². The van der Waals surface area contributed by atoms with Crippen LogP contribution in [0.1, 0.15) is 414 Å². The van der Waals surface area contributed by atoms with Gasteiger partial charge in [0.25, 0.3) is 0 Å². The Kier molecular flexibility index (Phi) is 69.0. The first-order valence-corrected chi connectivity index (χ1v) is 44.3. The summed E-state index contributed by atoms with van der Waals surface area (Å²) in [6.07, 6.45) is 58.3. The fourth-order valence-corrected chi connectivity index (χ4v) is 13.9. The van der Waals surface area contributed by atoms with Gasteiger partial charge < -0.3 is 33.8 Å². The van der Waals surface area contributed by atoms with Crippen LogP contribution in [0.3, 0.4) is 0 Å². The van der Waals surface area contributed by atoms with Crippen LogP contribution >= 0.6 is 15.6 Å². The summed E-state index contributed by atoms with van der Waals surface area (Å²) in [5, 5.41) is 10.6. The van der Waals surface area contributed by atoms with E-state index in [-0.39, 0.29) is 25.7 Å². The molecule has 0 heterocycles. The maximum absolute atomic E-state index is 13.1. The van der Waals surface area contributed by atoms with E-state index >= 15 is 0 Å². The summed E-state index contributed by atoms with van der Waals surface area (Å²) in [5.74, 6) is 0.250. The Morgan fingerprint density at radius 2 is 0.465 bits per heavy atom. The number of rotatable bonds is 78. The smallest absolute Gasteiger partial charge is 0.462 e. The second kappa shape index (κ2) is 70.4. The molecule has 0 saturated carbocycles. The highest BCUT2D eigenvalue weighted by Crippen LogP contribution is 2.45. The number of carbonyl (C=O) groups is 4. The Bertz CT molecular complexity index is 1920. The van der Waals surface area contributed by atoms with E-state index < -0.39 is 97.5 Å². The summed E-state index contributed by atoms with van der Waals surface area (Å²) in [5.41, 5.74) is 0. The first-order chi connectivity index (χ1) is 47.7. The molecule has 0 rings (SSSR count). The maximum atomic E-state index is 13.1. The number of carbonyl (C=O) groups excluding carboxylic acids is 4. The van der Waals surface area contributed by atoms with Gasteiger partial charge >= 0.3 is 39.5 Å². The van der Waals surface area contributed by atoms with E-state index in [4.69, 9.17) is 37.0 Å². The maximum Gasteiger partial charge on any atom is 0.472 e. The largest absolute Gasteiger partial charge is 0.472 e. The highest BCUT2D eigenvalue weighted by molar-refractivity contribution is 7.47. The number of hydrogen-bond donors (Lipinski definition) is 3. The minimum atomic E-state index is -4.96. The monoisotopic (exact) mass is 1450 g/mol. The van der Waals surface area contributed by atoms with Crippen molar-refractivity contribution >= 4 is 39.5 Å². The average Bonchev–Trinajstić information content (AvgIpc) is 1.15. The van der Waals surface area contributed by atoms with Crippen molar-refractivity contribution in [1.82, 2.24) is 0 Å². The Labute approximate surface area is 607 Å². The molecule has 99 heavy (non-hydrogen) atoms. The first-order valence-electron chi connectivity index (χ1n) is 41.3. The molecule has 0 aliphatic carbocycles. The minimum absolute atomic E-state index is 0.106. The number of esters is 4. The number of unbranched alkanes of at least 4 members (excludes halogenated alkanes) is 46. The zero-order valence-electron chi connectivity index (χ0n) is 65.0. The predicted molar refractivity (Wildman–Crippen MR) is 405 cm³/mol. The van der Waals surface area contributed by atoms with Crippen LogP contribution in [-0.2, 0) is 65.4 Å². The van der Waals surface area contributed by atoms with E-state index in [2.05, 4.69) is 48.5 Å². The highest BCUT2D eigenvalue weighted by atomic mass is 31.2. The van der Waals surface area contributed by atoms with Gasteiger partial charge in [0.15, 0.2) is 12.2 Å². The number of aliphatic hydroxyl groups is 1. The molecule has 0 aromatic carbocycles. The molecular formula is C80H156O17P2. The first kappa shape index (κ1) is 97.1. The molecule has 0 aromatic rings. The van der Waals surface area contributed by atoms with Gasteiger partial charge in [-0.25, -0.2) is 9.13 Å². The quantitative estimate of drug-likeness (QED) is 0.0222. The van der Waals surface area contributed by atoms with E-state index in [0.717, 1.165) is 108 Å². The second-order valence-corrected chi connectivity index (χ2v) is 33.1. The van der Waals surface area contributed by atoms with Gasteiger partial charge in [-0.1, -0.05) is 363 Å². The Morgan fingerprint density at radius 1 is 0.273 bits per heavy atom. The lowest BCUT2D eigenvalue weighted by Crippen LogP contribution is -2.30. The van der Waals surface area contributed by atoms with Crippen LogP contribution in [0.4, 0.5) is 0 Å². The second-order valence-electron chi connectivity index (χ2n) is 30.2. The molecule has 0 aliphatic heterocycles. The molecule has 0 aliphatic rings. The third-order valence-electron chi connectivity index (χ3n) is 18.6. The van der Waals surface area contributed by atoms with Crippen molar-refractivity contribution in [2.24, 2.45) is 17.8 Å². The molecule has 0 amide bonds. The van der Waals surface area contributed by atoms with Crippen LogP contribution in [-0.4, -0.2) is 96.7 Å². The van der Waals surface area contributed by atoms with E-state index in [1.54, 1.807) is 0 Å². The zero-order chi connectivity index (χ0) is 73.0. The molecule has 19 heteroatoms. The molecule has 0 spiro atoms. The van der Waals surface area contributed by atoms with Gasteiger partial charge in [0.1, 0.15) is 19.3 Å². The van der Waals surface area contributed by atoms with Crippen LogP contribution in [0.15, 0.2) is 0 Å². The molecule has 0 aromatic heterocycles. The van der Waals surface area contributed by atoms with Crippen LogP contribution < -0.4 is 0 Å². The van der Waals surface area contributed by atoms with Gasteiger partial charge in [0.05, 0.1) is 26.4 Å². The summed E-state index contributed by atoms with van der Waals surface area (Å²) in [7, 11) is -9.92. The van der Waals surface area contributed by atoms with Crippen molar-refractivity contribution in [2.75, 3.05) is 39.6 Å². The summed E-state index contributed by atoms with van der Waals surface area (Å²) >= 11 is 0. The van der Waals surface area contributed by atoms with E-state index in [1.165, 1.54) is 225 Å². The van der Waals surface area contributed by atoms with Gasteiger partial charge in [-0.15, -0.1) is 0 Å². The molecule has 0 fully saturated rings. The zero-order valence-corrected chi connectivity index (χ0v) is 66.8. The van der Waals surface area contributed by atoms with E-state index in [1.807, 2.05) is 0 Å². The molecule has 0 saturated heterocycles. The SMILES string of the molecule is CCCCCCCCCCCC(=O)OC[C@H](COP(=O)(O)OC[C@H](O)COP(=O)(O)OC[C@@H](COC(=O)CCCCCCCCCCCCCCCC(C)C)OC(=O)CCCCCCCCCCCCCCCCCCCCC(C)C)OC(=O)CCCCCCCCCCCCC(C)C. The summed E-state index contributed by atoms with van der Waals surface area (Å²) < 4.78 is 68.6. The van der Waals surface area contributed by atoms with Gasteiger partial charge in [0.2, 0.25) is 0 Å².